The molecule has 0 atom stereocenters. The molecule has 2 heterocycles. The molecule has 0 spiro atoms. The first kappa shape index (κ1) is 17.3. The Kier molecular flexibility index (Phi) is 5.25. The van der Waals surface area contributed by atoms with E-state index in [2.05, 4.69) is 0 Å². The summed E-state index contributed by atoms with van der Waals surface area (Å²) in [6, 6.07) is 10.4. The number of carbonyl (C=O) groups is 2. The summed E-state index contributed by atoms with van der Waals surface area (Å²) in [7, 11) is 1.56. The van der Waals surface area contributed by atoms with E-state index >= 15 is 0 Å². The maximum Gasteiger partial charge on any atom is 0.268 e. The fourth-order valence-electron chi connectivity index (χ4n) is 2.55. The Morgan fingerprint density at radius 3 is 2.52 bits per heavy atom. The van der Waals surface area contributed by atoms with Crippen LogP contribution < -0.4 is 4.74 Å². The van der Waals surface area contributed by atoms with Crippen molar-refractivity contribution in [1.29, 1.82) is 0 Å². The van der Waals surface area contributed by atoms with Crippen molar-refractivity contribution in [3.8, 4) is 5.75 Å². The minimum absolute atomic E-state index is 0.0769. The van der Waals surface area contributed by atoms with Crippen LogP contribution in [0.1, 0.15) is 11.3 Å². The molecule has 2 amide bonds. The Bertz CT molecular complexity index is 795. The van der Waals surface area contributed by atoms with Crippen LogP contribution in [0.5, 0.6) is 5.75 Å². The molecule has 0 saturated carbocycles. The first-order chi connectivity index (χ1) is 12.2. The Morgan fingerprint density at radius 1 is 1.16 bits per heavy atom. The number of aliphatic hydroxyl groups excluding tert-OH is 1. The summed E-state index contributed by atoms with van der Waals surface area (Å²) < 4.78 is 10.4. The summed E-state index contributed by atoms with van der Waals surface area (Å²) in [6.45, 7) is -0.00276. The van der Waals surface area contributed by atoms with Gasteiger partial charge in [-0.25, -0.2) is 0 Å². The monoisotopic (exact) mass is 359 g/mol. The molecule has 3 rings (SSSR count). The normalized spacial score (nSPS) is 14.6. The van der Waals surface area contributed by atoms with Gasteiger partial charge < -0.3 is 14.3 Å². The number of aliphatic hydroxyl groups is 1. The Morgan fingerprint density at radius 2 is 1.92 bits per heavy atom. The van der Waals surface area contributed by atoms with Crippen LogP contribution in [0, 0.1) is 0 Å². The number of methoxy groups -OCH3 is 1. The highest BCUT2D eigenvalue weighted by Gasteiger charge is 2.39. The zero-order valence-corrected chi connectivity index (χ0v) is 14.4. The summed E-state index contributed by atoms with van der Waals surface area (Å²) in [5, 5.41) is 9.09. The topological polar surface area (TPSA) is 80.0 Å². The molecular formula is C18H17NO5S. The first-order valence-electron chi connectivity index (χ1n) is 7.66. The minimum atomic E-state index is -0.370. The van der Waals surface area contributed by atoms with Gasteiger partial charge in [0.15, 0.2) is 0 Å². The van der Waals surface area contributed by atoms with Crippen LogP contribution in [0.25, 0.3) is 5.57 Å². The number of amides is 2. The average Bonchev–Trinajstić information content (AvgIpc) is 3.22. The van der Waals surface area contributed by atoms with Crippen LogP contribution in [0.2, 0.25) is 0 Å². The van der Waals surface area contributed by atoms with Crippen molar-refractivity contribution in [3.63, 3.8) is 0 Å². The van der Waals surface area contributed by atoms with Gasteiger partial charge in [-0.3, -0.25) is 14.5 Å². The zero-order valence-electron chi connectivity index (χ0n) is 13.6. The number of ether oxygens (including phenoxy) is 1. The van der Waals surface area contributed by atoms with E-state index < -0.39 is 0 Å². The lowest BCUT2D eigenvalue weighted by atomic mass is 10.1. The Balaban J connectivity index is 1.95. The second kappa shape index (κ2) is 7.58. The largest absolute Gasteiger partial charge is 0.497 e. The maximum absolute atomic E-state index is 12.9. The molecule has 0 unspecified atom stereocenters. The van der Waals surface area contributed by atoms with E-state index in [1.165, 1.54) is 18.0 Å². The van der Waals surface area contributed by atoms with Gasteiger partial charge >= 0.3 is 0 Å². The maximum atomic E-state index is 12.9. The van der Waals surface area contributed by atoms with Gasteiger partial charge in [0, 0.05) is 5.75 Å². The standard InChI is InChI=1S/C18H17NO5S/c1-23-13-6-4-12(5-7-13)15-16(25-10-8-20)18(22)19(17(15)21)11-14-3-2-9-24-14/h2-7,9,20H,8,10-11H2,1H3. The van der Waals surface area contributed by atoms with Crippen molar-refractivity contribution in [2.24, 2.45) is 0 Å². The fraction of sp³-hybridized carbons (Fsp3) is 0.222. The third-order valence-electron chi connectivity index (χ3n) is 3.74. The molecule has 0 saturated heterocycles. The molecule has 0 bridgehead atoms. The number of thioether (sulfide) groups is 1. The number of carbonyl (C=O) groups excluding carboxylic acids is 2. The zero-order chi connectivity index (χ0) is 17.8. The van der Waals surface area contributed by atoms with E-state index in [9.17, 15) is 9.59 Å². The number of furan rings is 1. The number of imide groups is 1. The highest BCUT2D eigenvalue weighted by atomic mass is 32.2. The van der Waals surface area contributed by atoms with E-state index in [4.69, 9.17) is 14.3 Å². The predicted octanol–water partition coefficient (Wildman–Crippen LogP) is 2.29. The van der Waals surface area contributed by atoms with E-state index in [1.54, 1.807) is 43.5 Å². The fourth-order valence-corrected chi connectivity index (χ4v) is 3.43. The molecule has 1 aromatic heterocycles. The molecule has 130 valence electrons. The van der Waals surface area contributed by atoms with Gasteiger partial charge in [-0.15, -0.1) is 11.8 Å². The van der Waals surface area contributed by atoms with Crippen LogP contribution in [-0.2, 0) is 16.1 Å². The number of benzene rings is 1. The lowest BCUT2D eigenvalue weighted by Gasteiger charge is -2.13. The van der Waals surface area contributed by atoms with E-state index in [0.29, 0.717) is 33.3 Å². The number of nitrogens with zero attached hydrogens (tertiary/aromatic N) is 1. The number of hydrogen-bond donors (Lipinski definition) is 1. The van der Waals surface area contributed by atoms with Crippen molar-refractivity contribution in [3.05, 3.63) is 58.9 Å². The van der Waals surface area contributed by atoms with Gasteiger partial charge in [0.2, 0.25) is 0 Å². The van der Waals surface area contributed by atoms with Gasteiger partial charge in [-0.05, 0) is 29.8 Å². The molecule has 0 radical (unpaired) electrons. The van der Waals surface area contributed by atoms with Crippen molar-refractivity contribution in [1.82, 2.24) is 4.90 Å². The molecule has 2 aromatic rings. The van der Waals surface area contributed by atoms with Gasteiger partial charge in [-0.1, -0.05) is 12.1 Å². The first-order valence-corrected chi connectivity index (χ1v) is 8.65. The van der Waals surface area contributed by atoms with Crippen molar-refractivity contribution >= 4 is 29.1 Å². The highest BCUT2D eigenvalue weighted by molar-refractivity contribution is 8.04. The van der Waals surface area contributed by atoms with Gasteiger partial charge in [0.05, 0.1) is 37.0 Å². The molecule has 25 heavy (non-hydrogen) atoms. The van der Waals surface area contributed by atoms with Crippen LogP contribution in [-0.4, -0.2) is 41.3 Å². The van der Waals surface area contributed by atoms with E-state index in [-0.39, 0.29) is 25.0 Å². The Labute approximate surface area is 149 Å². The third-order valence-corrected chi connectivity index (χ3v) is 4.79. The van der Waals surface area contributed by atoms with Crippen LogP contribution in [0.4, 0.5) is 0 Å². The van der Waals surface area contributed by atoms with Crippen molar-refractivity contribution in [2.75, 3.05) is 19.5 Å². The lowest BCUT2D eigenvalue weighted by molar-refractivity contribution is -0.137. The molecule has 0 aliphatic carbocycles. The lowest BCUT2D eigenvalue weighted by Crippen LogP contribution is -2.30. The molecule has 0 fully saturated rings. The summed E-state index contributed by atoms with van der Waals surface area (Å²) in [4.78, 5) is 27.1. The van der Waals surface area contributed by atoms with Gasteiger partial charge in [0.1, 0.15) is 11.5 Å². The predicted molar refractivity (Wildman–Crippen MR) is 93.7 cm³/mol. The summed E-state index contributed by atoms with van der Waals surface area (Å²) in [5.41, 5.74) is 0.985. The number of hydrogen-bond acceptors (Lipinski definition) is 6. The van der Waals surface area contributed by atoms with Crippen LogP contribution >= 0.6 is 11.8 Å². The van der Waals surface area contributed by atoms with Crippen LogP contribution in [0.3, 0.4) is 0 Å². The highest BCUT2D eigenvalue weighted by Crippen LogP contribution is 2.37. The van der Waals surface area contributed by atoms with Gasteiger partial charge in [0.25, 0.3) is 11.8 Å². The third kappa shape index (κ3) is 3.47. The summed E-state index contributed by atoms with van der Waals surface area (Å²) >= 11 is 1.18. The average molecular weight is 359 g/mol. The van der Waals surface area contributed by atoms with E-state index in [1.807, 2.05) is 0 Å². The summed E-state index contributed by atoms with van der Waals surface area (Å²) in [6.07, 6.45) is 1.50. The minimum Gasteiger partial charge on any atom is -0.497 e. The Hall–Kier alpha value is -2.51. The summed E-state index contributed by atoms with van der Waals surface area (Å²) in [5.74, 6) is 0.794. The SMILES string of the molecule is COc1ccc(C2=C(SCCO)C(=O)N(Cc3ccco3)C2=O)cc1. The molecule has 1 aromatic carbocycles. The van der Waals surface area contributed by atoms with Crippen LogP contribution in [0.15, 0.2) is 52.0 Å². The molecular weight excluding hydrogens is 342 g/mol. The second-order valence-electron chi connectivity index (χ2n) is 5.28. The van der Waals surface area contributed by atoms with Crippen molar-refractivity contribution in [2.45, 2.75) is 6.54 Å². The molecule has 1 aliphatic heterocycles. The number of rotatable bonds is 7. The quantitative estimate of drug-likeness (QED) is 0.764. The smallest absolute Gasteiger partial charge is 0.268 e. The van der Waals surface area contributed by atoms with Crippen molar-refractivity contribution < 1.29 is 23.8 Å². The molecule has 1 N–H and O–H groups in total. The second-order valence-corrected chi connectivity index (χ2v) is 6.39. The van der Waals surface area contributed by atoms with E-state index in [0.717, 1.165) is 4.90 Å². The van der Waals surface area contributed by atoms with Gasteiger partial charge in [-0.2, -0.15) is 0 Å². The molecule has 6 nitrogen and oxygen atoms in total. The molecule has 7 heteroatoms. The molecule has 1 aliphatic rings.